The van der Waals surface area contributed by atoms with E-state index >= 15 is 0 Å². The third-order valence-electron chi connectivity index (χ3n) is 5.49. The largest absolute Gasteiger partial charge is 0.336 e. The lowest BCUT2D eigenvalue weighted by atomic mass is 9.95. The maximum absolute atomic E-state index is 14.2. The highest BCUT2D eigenvalue weighted by atomic mass is 19.1. The third kappa shape index (κ3) is 3.25. The van der Waals surface area contributed by atoms with Gasteiger partial charge in [0.2, 0.25) is 0 Å². The van der Waals surface area contributed by atoms with Gasteiger partial charge in [0.05, 0.1) is 11.0 Å². The second kappa shape index (κ2) is 7.55. The molecule has 0 unspecified atom stereocenters. The molecule has 3 aromatic heterocycles. The fraction of sp³-hybridized carbons (Fsp3) is 0.174. The summed E-state index contributed by atoms with van der Waals surface area (Å²) in [6, 6.07) is 7.92. The molecule has 0 aliphatic carbocycles. The Morgan fingerprint density at radius 1 is 1.06 bits per heavy atom. The Hall–Kier alpha value is -3.65. The first kappa shape index (κ1) is 19.3. The van der Waals surface area contributed by atoms with Crippen molar-refractivity contribution in [3.63, 3.8) is 0 Å². The Morgan fingerprint density at radius 3 is 2.77 bits per heavy atom. The van der Waals surface area contributed by atoms with Crippen LogP contribution in [-0.4, -0.2) is 31.7 Å². The molecule has 6 nitrogen and oxygen atoms in total. The van der Waals surface area contributed by atoms with Gasteiger partial charge in [0.25, 0.3) is 0 Å². The molecule has 8 heteroatoms. The number of fused-ring (bicyclic) bond motifs is 2. The molecule has 3 heterocycles. The monoisotopic (exact) mass is 418 g/mol. The van der Waals surface area contributed by atoms with Crippen molar-refractivity contribution in [1.29, 1.82) is 0 Å². The molecule has 0 aliphatic heterocycles. The maximum atomic E-state index is 14.2. The van der Waals surface area contributed by atoms with Gasteiger partial charge in [-0.15, -0.1) is 0 Å². The maximum Gasteiger partial charge on any atom is 0.159 e. The zero-order chi connectivity index (χ0) is 21.5. The average Bonchev–Trinajstić information content (AvgIpc) is 3.37. The van der Waals surface area contributed by atoms with Crippen LogP contribution < -0.4 is 5.32 Å². The Balaban J connectivity index is 1.72. The highest BCUT2D eigenvalue weighted by Crippen LogP contribution is 2.36. The fourth-order valence-electron chi connectivity index (χ4n) is 3.90. The van der Waals surface area contributed by atoms with Crippen molar-refractivity contribution in [3.05, 3.63) is 65.5 Å². The second-order valence-corrected chi connectivity index (χ2v) is 7.42. The van der Waals surface area contributed by atoms with Crippen molar-refractivity contribution in [3.8, 4) is 22.6 Å². The topological polar surface area (TPSA) is 82.3 Å². The van der Waals surface area contributed by atoms with Crippen LogP contribution in [0.1, 0.15) is 18.1 Å². The van der Waals surface area contributed by atoms with Crippen molar-refractivity contribution in [2.75, 3.05) is 6.54 Å². The molecular formula is C23H20F2N6. The number of aromatic amines is 2. The van der Waals surface area contributed by atoms with E-state index in [1.165, 1.54) is 6.07 Å². The predicted octanol–water partition coefficient (Wildman–Crippen LogP) is 4.86. The number of nitrogens with zero attached hydrogens (tertiary/aromatic N) is 3. The summed E-state index contributed by atoms with van der Waals surface area (Å²) in [5, 5.41) is 11.6. The minimum atomic E-state index is -0.714. The van der Waals surface area contributed by atoms with Gasteiger partial charge in [-0.2, -0.15) is 5.10 Å². The molecule has 31 heavy (non-hydrogen) atoms. The Kier molecular flexibility index (Phi) is 4.71. The molecule has 0 fully saturated rings. The summed E-state index contributed by atoms with van der Waals surface area (Å²) in [6.45, 7) is 5.73. The SMILES string of the molecule is CCNCc1cncc(-c2cccc3[nH]nc(-c4nc5c(F)cc(F)cc5[nH]4)c23)c1C. The van der Waals surface area contributed by atoms with Crippen molar-refractivity contribution in [2.24, 2.45) is 0 Å². The summed E-state index contributed by atoms with van der Waals surface area (Å²) in [5.74, 6) is -1.01. The number of aromatic nitrogens is 5. The van der Waals surface area contributed by atoms with E-state index in [4.69, 9.17) is 0 Å². The predicted molar refractivity (Wildman–Crippen MR) is 116 cm³/mol. The quantitative estimate of drug-likeness (QED) is 0.381. The summed E-state index contributed by atoms with van der Waals surface area (Å²) >= 11 is 0. The lowest BCUT2D eigenvalue weighted by Gasteiger charge is -2.12. The molecule has 0 spiro atoms. The van der Waals surface area contributed by atoms with Crippen LogP contribution in [0.15, 0.2) is 42.7 Å². The van der Waals surface area contributed by atoms with E-state index < -0.39 is 11.6 Å². The summed E-state index contributed by atoms with van der Waals surface area (Å²) in [6.07, 6.45) is 3.71. The van der Waals surface area contributed by atoms with Crippen molar-refractivity contribution < 1.29 is 8.78 Å². The summed E-state index contributed by atoms with van der Waals surface area (Å²) in [7, 11) is 0. The van der Waals surface area contributed by atoms with E-state index in [-0.39, 0.29) is 11.0 Å². The van der Waals surface area contributed by atoms with Gasteiger partial charge >= 0.3 is 0 Å². The van der Waals surface area contributed by atoms with Gasteiger partial charge in [0.1, 0.15) is 17.0 Å². The standard InChI is InChI=1S/C23H20F2N6/c1-3-26-9-13-10-27-11-16(12(13)2)15-5-4-6-18-20(15)22(31-30-18)23-28-19-8-14(24)7-17(25)21(19)29-23/h4-8,10-11,26H,3,9H2,1-2H3,(H,28,29)(H,30,31). The lowest BCUT2D eigenvalue weighted by molar-refractivity contribution is 0.590. The van der Waals surface area contributed by atoms with E-state index in [0.29, 0.717) is 11.5 Å². The van der Waals surface area contributed by atoms with Gasteiger partial charge < -0.3 is 10.3 Å². The van der Waals surface area contributed by atoms with Crippen molar-refractivity contribution in [2.45, 2.75) is 20.4 Å². The van der Waals surface area contributed by atoms with Gasteiger partial charge in [-0.3, -0.25) is 10.1 Å². The smallest absolute Gasteiger partial charge is 0.159 e. The summed E-state index contributed by atoms with van der Waals surface area (Å²) < 4.78 is 27.8. The van der Waals surface area contributed by atoms with Crippen molar-refractivity contribution in [1.82, 2.24) is 30.5 Å². The molecule has 0 saturated heterocycles. The number of benzene rings is 2. The van der Waals surface area contributed by atoms with Crippen LogP contribution in [0.3, 0.4) is 0 Å². The van der Waals surface area contributed by atoms with Crippen molar-refractivity contribution >= 4 is 21.9 Å². The second-order valence-electron chi connectivity index (χ2n) is 7.42. The summed E-state index contributed by atoms with van der Waals surface area (Å²) in [5.41, 5.74) is 5.88. The molecule has 0 atom stereocenters. The molecular weight excluding hydrogens is 398 g/mol. The van der Waals surface area contributed by atoms with E-state index in [9.17, 15) is 8.78 Å². The van der Waals surface area contributed by atoms with E-state index in [2.05, 4.69) is 44.3 Å². The average molecular weight is 418 g/mol. The number of imidazole rings is 1. The number of nitrogens with one attached hydrogen (secondary N) is 3. The lowest BCUT2D eigenvalue weighted by Crippen LogP contribution is -2.13. The zero-order valence-corrected chi connectivity index (χ0v) is 17.1. The molecule has 156 valence electrons. The number of rotatable bonds is 5. The van der Waals surface area contributed by atoms with Crippen LogP contribution in [-0.2, 0) is 6.54 Å². The number of hydrogen-bond acceptors (Lipinski definition) is 4. The molecule has 0 bridgehead atoms. The molecule has 2 aromatic carbocycles. The highest BCUT2D eigenvalue weighted by molar-refractivity contribution is 6.04. The molecule has 0 radical (unpaired) electrons. The van der Waals surface area contributed by atoms with Crippen LogP contribution in [0.4, 0.5) is 8.78 Å². The first-order chi connectivity index (χ1) is 15.1. The third-order valence-corrected chi connectivity index (χ3v) is 5.49. The van der Waals surface area contributed by atoms with Gasteiger partial charge in [-0.05, 0) is 42.3 Å². The number of halogens is 2. The number of hydrogen-bond donors (Lipinski definition) is 3. The molecule has 5 aromatic rings. The molecule has 5 rings (SSSR count). The van der Waals surface area contributed by atoms with E-state index in [1.807, 2.05) is 30.6 Å². The molecule has 0 saturated carbocycles. The Morgan fingerprint density at radius 2 is 1.94 bits per heavy atom. The summed E-state index contributed by atoms with van der Waals surface area (Å²) in [4.78, 5) is 11.8. The molecule has 0 aliphatic rings. The van der Waals surface area contributed by atoms with Crippen LogP contribution in [0.25, 0.3) is 44.6 Å². The van der Waals surface area contributed by atoms with Gasteiger partial charge in [0, 0.05) is 36.0 Å². The van der Waals surface area contributed by atoms with Gasteiger partial charge in [-0.1, -0.05) is 19.1 Å². The first-order valence-electron chi connectivity index (χ1n) is 10.0. The van der Waals surface area contributed by atoms with E-state index in [1.54, 1.807) is 0 Å². The zero-order valence-electron chi connectivity index (χ0n) is 17.1. The van der Waals surface area contributed by atoms with Crippen LogP contribution >= 0.6 is 0 Å². The normalized spacial score (nSPS) is 11.6. The Labute approximate surface area is 176 Å². The van der Waals surface area contributed by atoms with Gasteiger partial charge in [-0.25, -0.2) is 13.8 Å². The highest BCUT2D eigenvalue weighted by Gasteiger charge is 2.19. The first-order valence-corrected chi connectivity index (χ1v) is 10.0. The fourth-order valence-corrected chi connectivity index (χ4v) is 3.90. The number of H-pyrrole nitrogens is 2. The van der Waals surface area contributed by atoms with Crippen LogP contribution in [0.2, 0.25) is 0 Å². The molecule has 3 N–H and O–H groups in total. The van der Waals surface area contributed by atoms with Crippen LogP contribution in [0, 0.1) is 18.6 Å². The van der Waals surface area contributed by atoms with Gasteiger partial charge in [0.15, 0.2) is 11.6 Å². The minimum Gasteiger partial charge on any atom is -0.336 e. The minimum absolute atomic E-state index is 0.0792. The Bertz CT molecular complexity index is 1420. The van der Waals surface area contributed by atoms with E-state index in [0.717, 1.165) is 52.3 Å². The number of pyridine rings is 1. The molecule has 0 amide bonds. The van der Waals surface area contributed by atoms with Crippen LogP contribution in [0.5, 0.6) is 0 Å².